The fourth-order valence-electron chi connectivity index (χ4n) is 12.4. The van der Waals surface area contributed by atoms with Crippen LogP contribution in [0.1, 0.15) is 93.0 Å². The van der Waals surface area contributed by atoms with Crippen LogP contribution in [0.4, 0.5) is 0 Å². The van der Waals surface area contributed by atoms with Crippen LogP contribution in [0, 0.1) is 45.3 Å². The smallest absolute Gasteiger partial charge is 0.160 e. The lowest BCUT2D eigenvalue weighted by Crippen LogP contribution is -2.16. The number of para-hydroxylation sites is 2. The van der Waals surface area contributed by atoms with Crippen LogP contribution in [0.25, 0.3) is 100 Å². The Morgan fingerprint density at radius 3 is 1.32 bits per heavy atom. The van der Waals surface area contributed by atoms with E-state index in [1.165, 1.54) is 39.0 Å². The lowest BCUT2D eigenvalue weighted by molar-refractivity contribution is 0.654. The van der Waals surface area contributed by atoms with Gasteiger partial charge in [-0.3, -0.25) is 0 Å². The third-order valence-corrected chi connectivity index (χ3v) is 16.0. The van der Waals surface area contributed by atoms with Gasteiger partial charge in [0.2, 0.25) is 0 Å². The second-order valence-corrected chi connectivity index (χ2v) is 20.7. The molecule has 8 heteroatoms. The molecule has 0 amide bonds. The van der Waals surface area contributed by atoms with Crippen LogP contribution in [-0.2, 0) is 10.8 Å². The lowest BCUT2D eigenvalue weighted by Gasteiger charge is -2.23. The summed E-state index contributed by atoms with van der Waals surface area (Å²) in [5.41, 5.74) is 17.4. The number of rotatable bonds is 7. The topological polar surface area (TPSA) is 131 Å². The van der Waals surface area contributed by atoms with Crippen LogP contribution >= 0.6 is 0 Å². The number of allylic oxidation sites excluding steroid dienone is 7. The highest BCUT2D eigenvalue weighted by atomic mass is 15.0. The Morgan fingerprint density at radius 1 is 0.480 bits per heavy atom. The second-order valence-electron chi connectivity index (χ2n) is 20.7. The summed E-state index contributed by atoms with van der Waals surface area (Å²) in [6, 6.07) is 53.7. The van der Waals surface area contributed by atoms with Crippen molar-refractivity contribution in [1.82, 2.24) is 19.1 Å². The number of hydrogen-bond donors (Lipinski definition) is 0. The van der Waals surface area contributed by atoms with E-state index in [4.69, 9.17) is 9.97 Å². The van der Waals surface area contributed by atoms with E-state index in [0.717, 1.165) is 54.7 Å². The Balaban J connectivity index is 1.05. The number of fused-ring (bicyclic) bond motifs is 8. The molecule has 0 fully saturated rings. The van der Waals surface area contributed by atoms with E-state index < -0.39 is 0 Å². The van der Waals surface area contributed by atoms with Crippen LogP contribution < -0.4 is 0 Å². The molecule has 0 N–H and O–H groups in total. The van der Waals surface area contributed by atoms with Gasteiger partial charge in [0.05, 0.1) is 67.1 Å². The third kappa shape index (κ3) is 6.64. The minimum Gasteiger partial charge on any atom is -0.307 e. The van der Waals surface area contributed by atoms with E-state index in [9.17, 15) is 21.0 Å². The zero-order valence-electron chi connectivity index (χ0n) is 42.7. The molecule has 0 unspecified atom stereocenters. The molecule has 356 valence electrons. The van der Waals surface area contributed by atoms with Crippen LogP contribution in [0.3, 0.4) is 0 Å². The molecule has 0 saturated carbocycles. The molecule has 7 aromatic carbocycles. The van der Waals surface area contributed by atoms with Gasteiger partial charge in [-0.05, 0) is 132 Å². The average Bonchev–Trinajstić information content (AvgIpc) is 4.17. The SMILES string of the molecule is C=CC1=C(C)c2cc3c4ccccc4n(-c4c(C#N)cc(-c5cc(-c6cc(C#N)c(-n7c8ccccc8c8cc9c(cc87)C(C)(C)C(/C=C\C)=C9C)c(C#N)c6)nc(-c6ccccc6)n5)cc4C#N)c3cc2C1(C)C. The fourth-order valence-corrected chi connectivity index (χ4v) is 12.4. The Kier molecular flexibility index (Phi) is 10.4. The maximum Gasteiger partial charge on any atom is 0.160 e. The van der Waals surface area contributed by atoms with Crippen molar-refractivity contribution < 1.29 is 0 Å². The standard InChI is InChI=1S/C67H48N8/c1-9-18-54-39(4)50-30-52-48-22-15-17-24-60(48)75(62(52)32-56(50)67(54,7)8)64-45(36-70)27-42(28-46(64)37-71)58-33-57(72-65(73-58)40-19-12-11-13-20-40)41-25-43(34-68)63(44(26-41)35-69)74-59-23-16-14-21-47(59)51-29-49-38(3)53(10-2)66(5,6)55(49)31-61(51)74/h9-33H,2H2,1,3-8H3/b18-9-. The fraction of sp³-hybridized carbons (Fsp3) is 0.134. The Hall–Kier alpha value is -9.86. The van der Waals surface area contributed by atoms with Gasteiger partial charge in [0.1, 0.15) is 24.3 Å². The van der Waals surface area contributed by atoms with Gasteiger partial charge < -0.3 is 9.13 Å². The highest BCUT2D eigenvalue weighted by Crippen LogP contribution is 2.51. The molecule has 0 aliphatic heterocycles. The highest BCUT2D eigenvalue weighted by Gasteiger charge is 2.38. The number of aromatic nitrogens is 4. The third-order valence-electron chi connectivity index (χ3n) is 16.0. The molecular formula is C67H48N8. The van der Waals surface area contributed by atoms with E-state index in [0.29, 0.717) is 62.0 Å². The summed E-state index contributed by atoms with van der Waals surface area (Å²) in [4.78, 5) is 10.2. The molecular weight excluding hydrogens is 917 g/mol. The minimum absolute atomic E-state index is 0.277. The number of nitrogens with zero attached hydrogens (tertiary/aromatic N) is 8. The van der Waals surface area contributed by atoms with Crippen LogP contribution in [0.15, 0.2) is 169 Å². The van der Waals surface area contributed by atoms with Crippen molar-refractivity contribution in [2.75, 3.05) is 0 Å². The summed E-state index contributed by atoms with van der Waals surface area (Å²) in [5.74, 6) is 0.395. The molecule has 2 aliphatic carbocycles. The molecule has 12 rings (SSSR count). The summed E-state index contributed by atoms with van der Waals surface area (Å²) in [5, 5.41) is 48.7. The van der Waals surface area contributed by atoms with Crippen molar-refractivity contribution in [3.05, 3.63) is 214 Å². The van der Waals surface area contributed by atoms with E-state index in [-0.39, 0.29) is 10.8 Å². The number of benzene rings is 7. The Labute approximate surface area is 435 Å². The first kappa shape index (κ1) is 46.2. The normalized spacial score (nSPS) is 14.4. The molecule has 8 nitrogen and oxygen atoms in total. The van der Waals surface area contributed by atoms with E-state index in [1.807, 2.05) is 85.8 Å². The minimum atomic E-state index is -0.309. The zero-order valence-corrected chi connectivity index (χ0v) is 42.7. The van der Waals surface area contributed by atoms with Crippen molar-refractivity contribution in [2.24, 2.45) is 0 Å². The van der Waals surface area contributed by atoms with Gasteiger partial charge in [-0.1, -0.05) is 119 Å². The zero-order chi connectivity index (χ0) is 52.2. The average molecular weight is 965 g/mol. The molecule has 3 aromatic heterocycles. The molecule has 3 heterocycles. The van der Waals surface area contributed by atoms with Crippen molar-refractivity contribution >= 4 is 54.8 Å². The van der Waals surface area contributed by atoms with Crippen molar-refractivity contribution in [3.63, 3.8) is 0 Å². The Bertz CT molecular complexity index is 4430. The summed E-state index contributed by atoms with van der Waals surface area (Å²) in [6.45, 7) is 19.4. The Morgan fingerprint density at radius 2 is 0.893 bits per heavy atom. The summed E-state index contributed by atoms with van der Waals surface area (Å²) >= 11 is 0. The number of nitriles is 4. The van der Waals surface area contributed by atoms with E-state index in [2.05, 4.69) is 130 Å². The van der Waals surface area contributed by atoms with Crippen molar-refractivity contribution in [1.29, 1.82) is 21.0 Å². The molecule has 10 aromatic rings. The molecule has 0 bridgehead atoms. The van der Waals surface area contributed by atoms with Gasteiger partial charge in [-0.15, -0.1) is 0 Å². The summed E-state index contributed by atoms with van der Waals surface area (Å²) in [6.07, 6.45) is 6.23. The first-order valence-electron chi connectivity index (χ1n) is 25.0. The molecule has 0 radical (unpaired) electrons. The van der Waals surface area contributed by atoms with Crippen LogP contribution in [0.5, 0.6) is 0 Å². The predicted octanol–water partition coefficient (Wildman–Crippen LogP) is 16.1. The van der Waals surface area contributed by atoms with E-state index in [1.54, 1.807) is 24.3 Å². The number of hydrogen-bond acceptors (Lipinski definition) is 6. The van der Waals surface area contributed by atoms with Gasteiger partial charge in [-0.2, -0.15) is 21.0 Å². The predicted molar refractivity (Wildman–Crippen MR) is 302 cm³/mol. The van der Waals surface area contributed by atoms with Gasteiger partial charge in [0.25, 0.3) is 0 Å². The first-order valence-corrected chi connectivity index (χ1v) is 25.0. The van der Waals surface area contributed by atoms with Gasteiger partial charge >= 0.3 is 0 Å². The molecule has 2 aliphatic rings. The van der Waals surface area contributed by atoms with Gasteiger partial charge in [0, 0.05) is 49.1 Å². The van der Waals surface area contributed by atoms with Crippen molar-refractivity contribution in [3.8, 4) is 69.6 Å². The van der Waals surface area contributed by atoms with Crippen molar-refractivity contribution in [2.45, 2.75) is 59.3 Å². The van der Waals surface area contributed by atoms with Gasteiger partial charge in [0.15, 0.2) is 5.82 Å². The summed E-state index contributed by atoms with van der Waals surface area (Å²) < 4.78 is 4.13. The maximum absolute atomic E-state index is 11.2. The highest BCUT2D eigenvalue weighted by molar-refractivity contribution is 6.13. The maximum atomic E-state index is 11.2. The summed E-state index contributed by atoms with van der Waals surface area (Å²) in [7, 11) is 0. The molecule has 0 saturated heterocycles. The first-order chi connectivity index (χ1) is 36.3. The second kappa shape index (κ2) is 16.9. The van der Waals surface area contributed by atoms with E-state index >= 15 is 0 Å². The molecule has 0 atom stereocenters. The quantitative estimate of drug-likeness (QED) is 0.156. The lowest BCUT2D eigenvalue weighted by atomic mass is 9.80. The molecule has 0 spiro atoms. The van der Waals surface area contributed by atoms with Crippen LogP contribution in [-0.4, -0.2) is 19.1 Å². The largest absolute Gasteiger partial charge is 0.307 e. The van der Waals surface area contributed by atoms with Gasteiger partial charge in [-0.25, -0.2) is 9.97 Å². The monoisotopic (exact) mass is 964 g/mol. The molecule has 75 heavy (non-hydrogen) atoms. The van der Waals surface area contributed by atoms with Crippen LogP contribution in [0.2, 0.25) is 0 Å².